The van der Waals surface area contributed by atoms with Crippen molar-refractivity contribution >= 4 is 5.97 Å². The molecule has 1 aromatic carbocycles. The summed E-state index contributed by atoms with van der Waals surface area (Å²) in [6, 6.07) is 6.45. The van der Waals surface area contributed by atoms with Crippen molar-refractivity contribution in [3.8, 4) is 0 Å². The molecule has 0 radical (unpaired) electrons. The Kier molecular flexibility index (Phi) is 4.11. The quantitative estimate of drug-likeness (QED) is 0.730. The maximum absolute atomic E-state index is 10.9. The first-order valence-corrected chi connectivity index (χ1v) is 5.65. The van der Waals surface area contributed by atoms with E-state index in [0.29, 0.717) is 0 Å². The summed E-state index contributed by atoms with van der Waals surface area (Å²) in [6.07, 6.45) is -0.0845. The van der Waals surface area contributed by atoms with E-state index < -0.39 is 0 Å². The summed E-state index contributed by atoms with van der Waals surface area (Å²) in [5.41, 5.74) is 3.72. The van der Waals surface area contributed by atoms with E-state index in [1.54, 1.807) is 0 Å². The van der Waals surface area contributed by atoms with Gasteiger partial charge in [0.1, 0.15) is 6.10 Å². The minimum atomic E-state index is -0.219. The first kappa shape index (κ1) is 12.8. The van der Waals surface area contributed by atoms with E-state index >= 15 is 0 Å². The third-order valence-electron chi connectivity index (χ3n) is 2.83. The number of rotatable bonds is 3. The van der Waals surface area contributed by atoms with Crippen molar-refractivity contribution in [1.82, 2.24) is 0 Å². The Bertz CT molecular complexity index is 362. The minimum Gasteiger partial charge on any atom is -0.462 e. The Morgan fingerprint density at radius 3 is 2.06 bits per heavy atom. The SMILES string of the molecule is CC(=O)O[C@@H](C)[C@H](C)c1cc(C)cc(C)c1. The topological polar surface area (TPSA) is 26.3 Å². The van der Waals surface area contributed by atoms with E-state index in [0.717, 1.165) is 0 Å². The summed E-state index contributed by atoms with van der Waals surface area (Å²) in [5, 5.41) is 0. The van der Waals surface area contributed by atoms with Crippen LogP contribution in [0.3, 0.4) is 0 Å². The average molecular weight is 220 g/mol. The highest BCUT2D eigenvalue weighted by atomic mass is 16.5. The van der Waals surface area contributed by atoms with Crippen LogP contribution >= 0.6 is 0 Å². The van der Waals surface area contributed by atoms with Gasteiger partial charge in [-0.1, -0.05) is 36.2 Å². The lowest BCUT2D eigenvalue weighted by Gasteiger charge is -2.21. The normalized spacial score (nSPS) is 14.3. The van der Waals surface area contributed by atoms with Crippen molar-refractivity contribution in [3.63, 3.8) is 0 Å². The van der Waals surface area contributed by atoms with E-state index in [4.69, 9.17) is 4.74 Å². The smallest absolute Gasteiger partial charge is 0.302 e. The van der Waals surface area contributed by atoms with Gasteiger partial charge in [-0.2, -0.15) is 0 Å². The molecule has 0 N–H and O–H groups in total. The molecule has 0 aliphatic carbocycles. The fourth-order valence-corrected chi connectivity index (χ4v) is 1.91. The van der Waals surface area contributed by atoms with Gasteiger partial charge >= 0.3 is 5.97 Å². The van der Waals surface area contributed by atoms with Crippen LogP contribution in [0.25, 0.3) is 0 Å². The molecule has 0 fully saturated rings. The molecule has 1 rings (SSSR count). The predicted molar refractivity (Wildman–Crippen MR) is 65.6 cm³/mol. The fourth-order valence-electron chi connectivity index (χ4n) is 1.91. The Hall–Kier alpha value is -1.31. The lowest BCUT2D eigenvalue weighted by Crippen LogP contribution is -2.19. The molecule has 0 saturated heterocycles. The number of aryl methyl sites for hydroxylation is 2. The van der Waals surface area contributed by atoms with Crippen LogP contribution in [0.4, 0.5) is 0 Å². The molecule has 0 heterocycles. The zero-order valence-electron chi connectivity index (χ0n) is 10.7. The first-order chi connectivity index (χ1) is 7.40. The zero-order chi connectivity index (χ0) is 12.3. The number of ether oxygens (including phenoxy) is 1. The number of hydrogen-bond acceptors (Lipinski definition) is 2. The average Bonchev–Trinajstić information content (AvgIpc) is 2.13. The minimum absolute atomic E-state index is 0.0845. The van der Waals surface area contributed by atoms with E-state index in [1.165, 1.54) is 23.6 Å². The van der Waals surface area contributed by atoms with Crippen molar-refractivity contribution in [2.75, 3.05) is 0 Å². The molecule has 0 saturated carbocycles. The number of esters is 1. The molecule has 0 bridgehead atoms. The molecule has 0 unspecified atom stereocenters. The molecule has 2 heteroatoms. The molecule has 88 valence electrons. The second-order valence-corrected chi connectivity index (χ2v) is 4.52. The molecule has 0 spiro atoms. The Morgan fingerprint density at radius 1 is 1.12 bits per heavy atom. The molecule has 2 nitrogen and oxygen atoms in total. The van der Waals surface area contributed by atoms with Gasteiger partial charge in [-0.3, -0.25) is 4.79 Å². The van der Waals surface area contributed by atoms with Gasteiger partial charge in [0.2, 0.25) is 0 Å². The van der Waals surface area contributed by atoms with Crippen LogP contribution in [0.5, 0.6) is 0 Å². The van der Waals surface area contributed by atoms with E-state index in [2.05, 4.69) is 39.0 Å². The monoisotopic (exact) mass is 220 g/mol. The molecule has 0 amide bonds. The molecular weight excluding hydrogens is 200 g/mol. The summed E-state index contributed by atoms with van der Waals surface area (Å²) in [7, 11) is 0. The maximum Gasteiger partial charge on any atom is 0.302 e. The van der Waals surface area contributed by atoms with Crippen molar-refractivity contribution in [1.29, 1.82) is 0 Å². The molecule has 1 aromatic rings. The summed E-state index contributed by atoms with van der Waals surface area (Å²) in [5.74, 6) is 0.00576. The van der Waals surface area contributed by atoms with Crippen LogP contribution in [-0.4, -0.2) is 12.1 Å². The first-order valence-electron chi connectivity index (χ1n) is 5.65. The van der Waals surface area contributed by atoms with Gasteiger partial charge < -0.3 is 4.74 Å². The summed E-state index contributed by atoms with van der Waals surface area (Å²) >= 11 is 0. The van der Waals surface area contributed by atoms with Gasteiger partial charge in [0, 0.05) is 12.8 Å². The van der Waals surface area contributed by atoms with Crippen molar-refractivity contribution in [2.45, 2.75) is 46.6 Å². The van der Waals surface area contributed by atoms with Gasteiger partial charge in [-0.25, -0.2) is 0 Å². The molecule has 0 aromatic heterocycles. The zero-order valence-corrected chi connectivity index (χ0v) is 10.7. The Balaban J connectivity index is 2.86. The highest BCUT2D eigenvalue weighted by Gasteiger charge is 2.17. The summed E-state index contributed by atoms with van der Waals surface area (Å²) in [6.45, 7) is 9.63. The summed E-state index contributed by atoms with van der Waals surface area (Å²) in [4.78, 5) is 10.9. The lowest BCUT2D eigenvalue weighted by atomic mass is 9.93. The number of carbonyl (C=O) groups excluding carboxylic acids is 1. The number of benzene rings is 1. The third kappa shape index (κ3) is 3.37. The van der Waals surface area contributed by atoms with Crippen LogP contribution in [0.1, 0.15) is 43.4 Å². The van der Waals surface area contributed by atoms with Crippen LogP contribution < -0.4 is 0 Å². The fraction of sp³-hybridized carbons (Fsp3) is 0.500. The third-order valence-corrected chi connectivity index (χ3v) is 2.83. The highest BCUT2D eigenvalue weighted by Crippen LogP contribution is 2.23. The number of carbonyl (C=O) groups is 1. The van der Waals surface area contributed by atoms with Crippen LogP contribution in [-0.2, 0) is 9.53 Å². The van der Waals surface area contributed by atoms with Gasteiger partial charge in [-0.05, 0) is 26.3 Å². The largest absolute Gasteiger partial charge is 0.462 e. The van der Waals surface area contributed by atoms with Crippen LogP contribution in [0.15, 0.2) is 18.2 Å². The van der Waals surface area contributed by atoms with Crippen molar-refractivity contribution in [3.05, 3.63) is 34.9 Å². The molecule has 16 heavy (non-hydrogen) atoms. The molecular formula is C14H20O2. The van der Waals surface area contributed by atoms with E-state index in [-0.39, 0.29) is 18.0 Å². The number of hydrogen-bond donors (Lipinski definition) is 0. The highest BCUT2D eigenvalue weighted by molar-refractivity contribution is 5.66. The van der Waals surface area contributed by atoms with Crippen LogP contribution in [0.2, 0.25) is 0 Å². The maximum atomic E-state index is 10.9. The van der Waals surface area contributed by atoms with Gasteiger partial charge in [0.05, 0.1) is 0 Å². The van der Waals surface area contributed by atoms with Gasteiger partial charge in [0.15, 0.2) is 0 Å². The molecule has 2 atom stereocenters. The van der Waals surface area contributed by atoms with Gasteiger partial charge in [-0.15, -0.1) is 0 Å². The summed E-state index contributed by atoms with van der Waals surface area (Å²) < 4.78 is 5.21. The lowest BCUT2D eigenvalue weighted by molar-refractivity contribution is -0.146. The van der Waals surface area contributed by atoms with E-state index in [9.17, 15) is 4.79 Å². The second-order valence-electron chi connectivity index (χ2n) is 4.52. The Morgan fingerprint density at radius 2 is 1.62 bits per heavy atom. The van der Waals surface area contributed by atoms with Gasteiger partial charge in [0.25, 0.3) is 0 Å². The van der Waals surface area contributed by atoms with Crippen molar-refractivity contribution in [2.24, 2.45) is 0 Å². The molecule has 0 aliphatic heterocycles. The van der Waals surface area contributed by atoms with E-state index in [1.807, 2.05) is 6.92 Å². The van der Waals surface area contributed by atoms with Crippen LogP contribution in [0, 0.1) is 13.8 Å². The Labute approximate surface area is 97.6 Å². The second kappa shape index (κ2) is 5.15. The predicted octanol–water partition coefficient (Wildman–Crippen LogP) is 3.36. The standard InChI is InChI=1S/C14H20O2/c1-9-6-10(2)8-14(7-9)11(3)12(4)16-13(5)15/h6-8,11-12H,1-5H3/t11-,12-/m0/s1. The van der Waals surface area contributed by atoms with Crippen molar-refractivity contribution < 1.29 is 9.53 Å². The molecule has 0 aliphatic rings.